The van der Waals surface area contributed by atoms with Crippen LogP contribution in [0.3, 0.4) is 0 Å². The highest BCUT2D eigenvalue weighted by Crippen LogP contribution is 2.35. The number of hydrogen-bond donors (Lipinski definition) is 2. The Hall–Kier alpha value is -2.39. The van der Waals surface area contributed by atoms with Gasteiger partial charge in [-0.1, -0.05) is 42.7 Å². The molecule has 1 fully saturated rings. The Morgan fingerprint density at radius 2 is 1.89 bits per heavy atom. The van der Waals surface area contributed by atoms with Crippen molar-refractivity contribution >= 4 is 23.1 Å². The van der Waals surface area contributed by atoms with Crippen molar-refractivity contribution in [3.05, 3.63) is 63.7 Å². The van der Waals surface area contributed by atoms with E-state index in [1.54, 1.807) is 6.07 Å². The molecule has 0 spiro atoms. The van der Waals surface area contributed by atoms with Crippen LogP contribution in [0.4, 0.5) is 0 Å². The summed E-state index contributed by atoms with van der Waals surface area (Å²) in [5.74, 6) is 0.319. The first-order valence-electron chi connectivity index (χ1n) is 9.92. The van der Waals surface area contributed by atoms with Gasteiger partial charge in [0.05, 0.1) is 10.7 Å². The molecular formula is C24H24ClNO2. The Kier molecular flexibility index (Phi) is 5.11. The Morgan fingerprint density at radius 3 is 2.61 bits per heavy atom. The van der Waals surface area contributed by atoms with E-state index in [-0.39, 0.29) is 17.5 Å². The molecule has 0 aliphatic heterocycles. The van der Waals surface area contributed by atoms with E-state index in [0.29, 0.717) is 21.9 Å². The number of carbonyl (C=O) groups is 1. The second kappa shape index (κ2) is 7.56. The lowest BCUT2D eigenvalue weighted by Crippen LogP contribution is -2.20. The largest absolute Gasteiger partial charge is 0.506 e. The third kappa shape index (κ3) is 3.40. The molecule has 144 valence electrons. The quantitative estimate of drug-likeness (QED) is 0.669. The van der Waals surface area contributed by atoms with Crippen molar-refractivity contribution in [2.24, 2.45) is 5.92 Å². The maximum Gasteiger partial charge on any atom is 0.167 e. The lowest BCUT2D eigenvalue weighted by Gasteiger charge is -2.15. The van der Waals surface area contributed by atoms with E-state index in [2.05, 4.69) is 0 Å². The summed E-state index contributed by atoms with van der Waals surface area (Å²) >= 11 is 6.16. The molecule has 0 saturated heterocycles. The fourth-order valence-corrected chi connectivity index (χ4v) is 4.63. The van der Waals surface area contributed by atoms with Crippen molar-refractivity contribution in [3.8, 4) is 16.9 Å². The van der Waals surface area contributed by atoms with Gasteiger partial charge in [0, 0.05) is 17.1 Å². The number of allylic oxidation sites excluding steroid dienone is 2. The van der Waals surface area contributed by atoms with Crippen molar-refractivity contribution in [2.75, 3.05) is 0 Å². The molecule has 0 heterocycles. The minimum Gasteiger partial charge on any atom is -0.506 e. The van der Waals surface area contributed by atoms with Gasteiger partial charge in [0.1, 0.15) is 5.75 Å². The number of nitrogens with one attached hydrogen (secondary N) is 1. The molecule has 4 heteroatoms. The maximum absolute atomic E-state index is 13.0. The zero-order valence-corrected chi connectivity index (χ0v) is 16.8. The Morgan fingerprint density at radius 1 is 1.14 bits per heavy atom. The number of benzene rings is 2. The standard InChI is InChI=1S/C24H24ClNO2/c1-14-11-18(13-21(25)23(14)27)17-10-9-15-7-4-8-19(22(26)20(15)12-17)24(28)16-5-2-3-6-16/h8-13,16,26-27H,2-7H2,1H3. The third-order valence-corrected chi connectivity index (χ3v) is 6.28. The minimum atomic E-state index is 0.0786. The number of halogens is 1. The van der Waals surface area contributed by atoms with Crippen LogP contribution in [-0.4, -0.2) is 16.6 Å². The number of aromatic hydroxyl groups is 1. The van der Waals surface area contributed by atoms with E-state index >= 15 is 0 Å². The van der Waals surface area contributed by atoms with Gasteiger partial charge in [0.2, 0.25) is 0 Å². The average molecular weight is 394 g/mol. The first kappa shape index (κ1) is 18.9. The third-order valence-electron chi connectivity index (χ3n) is 5.99. The van der Waals surface area contributed by atoms with Crippen LogP contribution in [0, 0.1) is 18.3 Å². The molecule has 2 aliphatic carbocycles. The number of hydrogen-bond acceptors (Lipinski definition) is 3. The van der Waals surface area contributed by atoms with Gasteiger partial charge in [-0.15, -0.1) is 0 Å². The number of carbonyl (C=O) groups excluding carboxylic acids is 1. The lowest BCUT2D eigenvalue weighted by atomic mass is 9.88. The average Bonchev–Trinajstić information content (AvgIpc) is 3.17. The summed E-state index contributed by atoms with van der Waals surface area (Å²) in [6.45, 7) is 1.82. The molecule has 3 nitrogen and oxygen atoms in total. The molecule has 0 aromatic heterocycles. The molecule has 1 saturated carbocycles. The van der Waals surface area contributed by atoms with Crippen LogP contribution in [0.1, 0.15) is 48.8 Å². The molecular weight excluding hydrogens is 370 g/mol. The number of aryl methyl sites for hydroxylation is 2. The molecule has 2 aromatic rings. The van der Waals surface area contributed by atoms with E-state index in [1.165, 1.54) is 0 Å². The highest BCUT2D eigenvalue weighted by atomic mass is 35.5. The fraction of sp³-hybridized carbons (Fsp3) is 0.333. The number of fused-ring (bicyclic) bond motifs is 1. The first-order valence-corrected chi connectivity index (χ1v) is 10.3. The lowest BCUT2D eigenvalue weighted by molar-refractivity contribution is -0.118. The molecule has 0 unspecified atom stereocenters. The summed E-state index contributed by atoms with van der Waals surface area (Å²) in [4.78, 5) is 13.0. The smallest absolute Gasteiger partial charge is 0.167 e. The van der Waals surface area contributed by atoms with Crippen molar-refractivity contribution in [1.82, 2.24) is 0 Å². The van der Waals surface area contributed by atoms with E-state index < -0.39 is 0 Å². The van der Waals surface area contributed by atoms with Gasteiger partial charge in [-0.25, -0.2) is 0 Å². The van der Waals surface area contributed by atoms with Gasteiger partial charge in [-0.2, -0.15) is 0 Å². The highest BCUT2D eigenvalue weighted by molar-refractivity contribution is 6.32. The summed E-state index contributed by atoms with van der Waals surface area (Å²) in [6, 6.07) is 9.70. The Labute approximate surface area is 170 Å². The summed E-state index contributed by atoms with van der Waals surface area (Å²) in [5.41, 5.74) is 5.39. The van der Waals surface area contributed by atoms with Gasteiger partial charge in [-0.05, 0) is 73.1 Å². The van der Waals surface area contributed by atoms with Crippen molar-refractivity contribution in [3.63, 3.8) is 0 Å². The summed E-state index contributed by atoms with van der Waals surface area (Å²) in [6.07, 6.45) is 7.69. The second-order valence-electron chi connectivity index (χ2n) is 7.87. The number of phenolic OH excluding ortho intramolecular Hbond substituents is 1. The maximum atomic E-state index is 13.0. The normalized spacial score (nSPS) is 17.2. The van der Waals surface area contributed by atoms with Crippen LogP contribution in [0.25, 0.3) is 11.1 Å². The van der Waals surface area contributed by atoms with E-state index in [4.69, 9.17) is 17.0 Å². The second-order valence-corrected chi connectivity index (χ2v) is 8.28. The van der Waals surface area contributed by atoms with E-state index in [9.17, 15) is 9.90 Å². The molecule has 4 rings (SSSR count). The SMILES string of the molecule is Cc1cc(-c2ccc3c(c2)C(=N)C(C(=O)C2CCCC2)=CCC3)cc(Cl)c1O. The van der Waals surface area contributed by atoms with Crippen LogP contribution < -0.4 is 0 Å². The zero-order chi connectivity index (χ0) is 19.8. The molecule has 0 atom stereocenters. The number of Topliss-reactive ketones (excluding diaryl/α,β-unsaturated/α-hetero) is 1. The predicted molar refractivity (Wildman–Crippen MR) is 113 cm³/mol. The van der Waals surface area contributed by atoms with Crippen LogP contribution in [0.15, 0.2) is 42.0 Å². The van der Waals surface area contributed by atoms with Gasteiger partial charge in [-0.3, -0.25) is 10.2 Å². The molecule has 0 radical (unpaired) electrons. The molecule has 28 heavy (non-hydrogen) atoms. The number of phenols is 1. The summed E-state index contributed by atoms with van der Waals surface area (Å²) in [7, 11) is 0. The Bertz CT molecular complexity index is 977. The van der Waals surface area contributed by atoms with Crippen LogP contribution in [-0.2, 0) is 11.2 Å². The topological polar surface area (TPSA) is 61.2 Å². The van der Waals surface area contributed by atoms with Crippen LogP contribution in [0.5, 0.6) is 5.75 Å². The zero-order valence-electron chi connectivity index (χ0n) is 16.0. The van der Waals surface area contributed by atoms with Crippen LogP contribution in [0.2, 0.25) is 5.02 Å². The monoisotopic (exact) mass is 393 g/mol. The number of rotatable bonds is 3. The van der Waals surface area contributed by atoms with E-state index in [1.807, 2.05) is 37.3 Å². The van der Waals surface area contributed by atoms with Gasteiger partial charge >= 0.3 is 0 Å². The van der Waals surface area contributed by atoms with Gasteiger partial charge < -0.3 is 5.11 Å². The molecule has 0 amide bonds. The predicted octanol–water partition coefficient (Wildman–Crippen LogP) is 6.02. The first-order chi connectivity index (χ1) is 13.5. The highest BCUT2D eigenvalue weighted by Gasteiger charge is 2.29. The number of ketones is 1. The minimum absolute atomic E-state index is 0.0786. The molecule has 2 aromatic carbocycles. The van der Waals surface area contributed by atoms with Gasteiger partial charge in [0.25, 0.3) is 0 Å². The summed E-state index contributed by atoms with van der Waals surface area (Å²) in [5, 5.41) is 19.0. The van der Waals surface area contributed by atoms with Gasteiger partial charge in [0.15, 0.2) is 5.78 Å². The van der Waals surface area contributed by atoms with E-state index in [0.717, 1.165) is 60.8 Å². The Balaban J connectivity index is 1.72. The molecule has 0 bridgehead atoms. The molecule has 2 aliphatic rings. The van der Waals surface area contributed by atoms with Crippen molar-refractivity contribution in [2.45, 2.75) is 45.4 Å². The van der Waals surface area contributed by atoms with Crippen molar-refractivity contribution < 1.29 is 9.90 Å². The summed E-state index contributed by atoms with van der Waals surface area (Å²) < 4.78 is 0. The van der Waals surface area contributed by atoms with Crippen molar-refractivity contribution in [1.29, 1.82) is 5.41 Å². The van der Waals surface area contributed by atoms with Crippen LogP contribution >= 0.6 is 11.6 Å². The fourth-order valence-electron chi connectivity index (χ4n) is 4.36. The molecule has 2 N–H and O–H groups in total.